The van der Waals surface area contributed by atoms with Crippen LogP contribution < -0.4 is 10.2 Å². The highest BCUT2D eigenvalue weighted by molar-refractivity contribution is 5.90. The fourth-order valence-corrected chi connectivity index (χ4v) is 3.29. The van der Waals surface area contributed by atoms with Gasteiger partial charge in [0.2, 0.25) is 5.89 Å². The highest BCUT2D eigenvalue weighted by atomic mass is 16.6. The third-order valence-corrected chi connectivity index (χ3v) is 5.05. The number of aliphatic carboxylic acids is 1. The first-order valence-electron chi connectivity index (χ1n) is 10.7. The zero-order valence-electron chi connectivity index (χ0n) is 18.8. The van der Waals surface area contributed by atoms with Crippen molar-refractivity contribution >= 4 is 29.1 Å². The maximum atomic E-state index is 12.1. The Balaban J connectivity index is 1.38. The fraction of sp³-hybridized carbons (Fsp3) is 0.208. The number of oxazole rings is 1. The van der Waals surface area contributed by atoms with E-state index in [1.807, 2.05) is 24.3 Å². The Kier molecular flexibility index (Phi) is 7.48. The quantitative estimate of drug-likeness (QED) is 0.246. The summed E-state index contributed by atoms with van der Waals surface area (Å²) in [6.45, 7) is 0.190. The molecule has 1 amide bonds. The molecule has 1 unspecified atom stereocenters. The third-order valence-electron chi connectivity index (χ3n) is 5.05. The maximum Gasteiger partial charge on any atom is 0.303 e. The molecule has 180 valence electrons. The monoisotopic (exact) mass is 477 g/mol. The molecule has 2 aromatic carbocycles. The minimum absolute atomic E-state index is 0.109. The number of nitrogens with one attached hydrogen (secondary N) is 1. The van der Waals surface area contributed by atoms with Crippen LogP contribution in [0.1, 0.15) is 36.0 Å². The summed E-state index contributed by atoms with van der Waals surface area (Å²) in [6.07, 6.45) is 4.41. The van der Waals surface area contributed by atoms with Gasteiger partial charge in [-0.2, -0.15) is 0 Å². The van der Waals surface area contributed by atoms with Crippen LogP contribution in [0.5, 0.6) is 5.75 Å². The molecule has 0 radical (unpaired) electrons. The highest BCUT2D eigenvalue weighted by Crippen LogP contribution is 2.26. The number of hydrogen-bond acceptors (Lipinski definition) is 8. The number of carboxylic acid groups (broad SMARTS) is 1. The summed E-state index contributed by atoms with van der Waals surface area (Å²) in [5, 5.41) is 17.3. The van der Waals surface area contributed by atoms with Crippen LogP contribution in [0.3, 0.4) is 0 Å². The van der Waals surface area contributed by atoms with Crippen LogP contribution >= 0.6 is 0 Å². The summed E-state index contributed by atoms with van der Waals surface area (Å²) >= 11 is 0. The minimum atomic E-state index is -0.947. The van der Waals surface area contributed by atoms with E-state index in [2.05, 4.69) is 20.8 Å². The number of carbonyl (C=O) groups excluding carboxylic acids is 1. The molecule has 0 spiro atoms. The summed E-state index contributed by atoms with van der Waals surface area (Å²) in [5.41, 5.74) is 4.84. The van der Waals surface area contributed by atoms with Crippen molar-refractivity contribution in [1.82, 2.24) is 25.5 Å². The van der Waals surface area contributed by atoms with Crippen molar-refractivity contribution in [2.24, 2.45) is 0 Å². The third kappa shape index (κ3) is 6.30. The minimum Gasteiger partial charge on any atom is -0.497 e. The van der Waals surface area contributed by atoms with Crippen molar-refractivity contribution in [1.29, 1.82) is 0 Å². The molecule has 11 heteroatoms. The predicted molar refractivity (Wildman–Crippen MR) is 124 cm³/mol. The van der Waals surface area contributed by atoms with E-state index >= 15 is 0 Å². The first-order chi connectivity index (χ1) is 17.0. The Morgan fingerprint density at radius 1 is 1.20 bits per heavy atom. The number of carbonyl (C=O) groups is 2. The molecule has 0 fully saturated rings. The molecule has 0 saturated heterocycles. The number of hydrogen-bond donors (Lipinski definition) is 2. The fourth-order valence-electron chi connectivity index (χ4n) is 3.29. The van der Waals surface area contributed by atoms with E-state index < -0.39 is 17.9 Å². The number of rotatable bonds is 11. The van der Waals surface area contributed by atoms with Gasteiger partial charge in [0.15, 0.2) is 5.58 Å². The van der Waals surface area contributed by atoms with E-state index in [1.54, 1.807) is 37.6 Å². The zero-order chi connectivity index (χ0) is 24.6. The van der Waals surface area contributed by atoms with Gasteiger partial charge in [0.25, 0.3) is 5.91 Å². The largest absolute Gasteiger partial charge is 0.497 e. The first kappa shape index (κ1) is 23.6. The second-order valence-electron chi connectivity index (χ2n) is 7.53. The molecule has 0 aliphatic carbocycles. The molecule has 0 bridgehead atoms. The van der Waals surface area contributed by atoms with Crippen LogP contribution in [0.2, 0.25) is 0 Å². The lowest BCUT2D eigenvalue weighted by atomic mass is 10.1. The van der Waals surface area contributed by atoms with Gasteiger partial charge in [-0.05, 0) is 42.3 Å². The van der Waals surface area contributed by atoms with Gasteiger partial charge in [0.1, 0.15) is 23.0 Å². The number of nitrogens with zero attached hydrogens (tertiary/aromatic N) is 4. The number of aromatic nitrogens is 4. The lowest BCUT2D eigenvalue weighted by Gasteiger charge is -2.11. The number of methoxy groups -OCH3 is 1. The van der Waals surface area contributed by atoms with Crippen molar-refractivity contribution in [2.75, 3.05) is 7.11 Å². The predicted octanol–water partition coefficient (Wildman–Crippen LogP) is 3.14. The van der Waals surface area contributed by atoms with Gasteiger partial charge in [-0.15, -0.1) is 5.10 Å². The van der Waals surface area contributed by atoms with Gasteiger partial charge in [0.05, 0.1) is 19.9 Å². The molecule has 0 aliphatic rings. The van der Waals surface area contributed by atoms with Crippen LogP contribution in [0, 0.1) is 0 Å². The van der Waals surface area contributed by atoms with E-state index in [1.165, 1.54) is 16.8 Å². The number of ether oxygens (including phenoxy) is 1. The van der Waals surface area contributed by atoms with E-state index in [0.29, 0.717) is 22.7 Å². The van der Waals surface area contributed by atoms with Gasteiger partial charge in [-0.1, -0.05) is 29.5 Å². The maximum absolute atomic E-state index is 12.1. The lowest BCUT2D eigenvalue weighted by molar-refractivity contribution is -0.137. The first-order valence-corrected chi connectivity index (χ1v) is 10.7. The van der Waals surface area contributed by atoms with Gasteiger partial charge in [0, 0.05) is 12.5 Å². The topological polar surface area (TPSA) is 142 Å². The van der Waals surface area contributed by atoms with Crippen molar-refractivity contribution < 1.29 is 28.7 Å². The van der Waals surface area contributed by atoms with Crippen LogP contribution in [0.25, 0.3) is 17.2 Å². The lowest BCUT2D eigenvalue weighted by Crippen LogP contribution is -2.21. The Hall–Kier alpha value is -4.51. The summed E-state index contributed by atoms with van der Waals surface area (Å²) in [4.78, 5) is 32.9. The molecule has 1 atom stereocenters. The molecular formula is C24H23N5O6. The summed E-state index contributed by atoms with van der Waals surface area (Å²) in [7, 11) is 1.59. The second-order valence-corrected chi connectivity index (χ2v) is 7.53. The Bertz CT molecular complexity index is 1290. The van der Waals surface area contributed by atoms with Crippen molar-refractivity contribution in [3.05, 3.63) is 78.0 Å². The molecule has 4 rings (SSSR count). The molecule has 4 aromatic rings. The molecule has 2 heterocycles. The van der Waals surface area contributed by atoms with E-state index in [-0.39, 0.29) is 19.4 Å². The van der Waals surface area contributed by atoms with Crippen molar-refractivity contribution in [3.8, 4) is 5.75 Å². The van der Waals surface area contributed by atoms with E-state index in [0.717, 1.165) is 11.3 Å². The molecule has 35 heavy (non-hydrogen) atoms. The number of para-hydroxylation sites is 2. The average molecular weight is 477 g/mol. The summed E-state index contributed by atoms with van der Waals surface area (Å²) in [5.74, 6) is -0.361. The van der Waals surface area contributed by atoms with Crippen molar-refractivity contribution in [3.63, 3.8) is 0 Å². The number of hydroxylamine groups is 1. The van der Waals surface area contributed by atoms with Gasteiger partial charge in [-0.25, -0.2) is 15.1 Å². The molecule has 2 N–H and O–H groups in total. The van der Waals surface area contributed by atoms with Gasteiger partial charge in [-0.3, -0.25) is 14.4 Å². The Labute approximate surface area is 199 Å². The van der Waals surface area contributed by atoms with Crippen LogP contribution in [0.15, 0.2) is 65.2 Å². The van der Waals surface area contributed by atoms with Gasteiger partial charge >= 0.3 is 5.97 Å². The number of amides is 1. The number of carboxylic acids is 1. The average Bonchev–Trinajstić information content (AvgIpc) is 3.50. The van der Waals surface area contributed by atoms with Crippen molar-refractivity contribution in [2.45, 2.75) is 25.5 Å². The molecule has 0 aliphatic heterocycles. The Morgan fingerprint density at radius 2 is 2.00 bits per heavy atom. The summed E-state index contributed by atoms with van der Waals surface area (Å²) < 4.78 is 12.4. The Morgan fingerprint density at radius 3 is 2.74 bits per heavy atom. The second kappa shape index (κ2) is 11.1. The van der Waals surface area contributed by atoms with Crippen LogP contribution in [-0.4, -0.2) is 44.1 Å². The normalized spacial score (nSPS) is 12.1. The van der Waals surface area contributed by atoms with Crippen LogP contribution in [0.4, 0.5) is 0 Å². The standard InChI is InChI=1S/C24H23N5O6/c1-33-18-9-6-16(7-10-18)15-34-27-22(30)12-8-17-14-29(28-26-17)20(11-13-23(31)32)24-25-19-4-2-3-5-21(19)35-24/h2-10,12,14,20H,11,13,15H2,1H3,(H,27,30)(H,31,32)/b12-8+. The molecular weight excluding hydrogens is 454 g/mol. The van der Waals surface area contributed by atoms with E-state index in [9.17, 15) is 9.59 Å². The zero-order valence-corrected chi connectivity index (χ0v) is 18.8. The smallest absolute Gasteiger partial charge is 0.303 e. The molecule has 0 saturated carbocycles. The number of fused-ring (bicyclic) bond motifs is 1. The highest BCUT2D eigenvalue weighted by Gasteiger charge is 2.22. The number of benzene rings is 2. The van der Waals surface area contributed by atoms with E-state index in [4.69, 9.17) is 19.1 Å². The SMILES string of the molecule is COc1ccc(CONC(=O)/C=C/c2cn(C(CCC(=O)O)c3nc4ccccc4o3)nn2)cc1. The summed E-state index contributed by atoms with van der Waals surface area (Å²) in [6, 6.07) is 13.9. The van der Waals surface area contributed by atoms with Crippen LogP contribution in [-0.2, 0) is 21.0 Å². The van der Waals surface area contributed by atoms with Gasteiger partial charge < -0.3 is 14.3 Å². The molecule has 11 nitrogen and oxygen atoms in total. The molecule has 2 aromatic heterocycles.